The predicted octanol–water partition coefficient (Wildman–Crippen LogP) is 3.16. The van der Waals surface area contributed by atoms with E-state index in [4.69, 9.17) is 0 Å². The standard InChI is InChI=1S/C15H13FN4/c1-10(15-17-19-20-18-15)12-7-8-13(14(16)9-12)11-5-3-2-4-6-11/h2-10H,1H3,(H,17,18,19,20). The van der Waals surface area contributed by atoms with Crippen molar-refractivity contribution >= 4 is 0 Å². The second kappa shape index (κ2) is 5.21. The van der Waals surface area contributed by atoms with Crippen molar-refractivity contribution in [3.8, 4) is 11.1 Å². The first-order valence-corrected chi connectivity index (χ1v) is 6.34. The molecule has 3 rings (SSSR count). The molecule has 0 aliphatic heterocycles. The highest BCUT2D eigenvalue weighted by atomic mass is 19.1. The van der Waals surface area contributed by atoms with E-state index in [9.17, 15) is 4.39 Å². The van der Waals surface area contributed by atoms with E-state index in [1.807, 2.05) is 43.3 Å². The van der Waals surface area contributed by atoms with Crippen LogP contribution in [0.4, 0.5) is 4.39 Å². The number of aromatic amines is 1. The van der Waals surface area contributed by atoms with E-state index in [-0.39, 0.29) is 11.7 Å². The van der Waals surface area contributed by atoms with Gasteiger partial charge >= 0.3 is 0 Å². The van der Waals surface area contributed by atoms with Crippen LogP contribution in [0.25, 0.3) is 11.1 Å². The summed E-state index contributed by atoms with van der Waals surface area (Å²) in [5.74, 6) is 0.203. The summed E-state index contributed by atoms with van der Waals surface area (Å²) in [5, 5.41) is 13.8. The molecule has 2 aromatic carbocycles. The lowest BCUT2D eigenvalue weighted by molar-refractivity contribution is 0.627. The van der Waals surface area contributed by atoms with Crippen molar-refractivity contribution in [1.82, 2.24) is 20.6 Å². The van der Waals surface area contributed by atoms with Gasteiger partial charge in [0.2, 0.25) is 0 Å². The van der Waals surface area contributed by atoms with Crippen LogP contribution < -0.4 is 0 Å². The zero-order valence-corrected chi connectivity index (χ0v) is 10.9. The highest BCUT2D eigenvalue weighted by molar-refractivity contribution is 5.64. The molecule has 100 valence electrons. The minimum Gasteiger partial charge on any atom is -0.206 e. The average molecular weight is 268 g/mol. The number of aromatic nitrogens is 4. The molecule has 0 aliphatic carbocycles. The summed E-state index contributed by atoms with van der Waals surface area (Å²) in [6.07, 6.45) is 0. The van der Waals surface area contributed by atoms with Crippen molar-refractivity contribution in [2.75, 3.05) is 0 Å². The highest BCUT2D eigenvalue weighted by Gasteiger charge is 2.15. The molecule has 1 unspecified atom stereocenters. The fraction of sp³-hybridized carbons (Fsp3) is 0.133. The minimum absolute atomic E-state index is 0.104. The third-order valence-corrected chi connectivity index (χ3v) is 3.33. The first-order valence-electron chi connectivity index (χ1n) is 6.34. The number of hydrogen-bond acceptors (Lipinski definition) is 3. The van der Waals surface area contributed by atoms with E-state index < -0.39 is 0 Å². The lowest BCUT2D eigenvalue weighted by atomic mass is 9.96. The van der Waals surface area contributed by atoms with Crippen molar-refractivity contribution in [1.29, 1.82) is 0 Å². The van der Waals surface area contributed by atoms with Gasteiger partial charge in [-0.15, -0.1) is 10.2 Å². The summed E-state index contributed by atoms with van der Waals surface area (Å²) in [7, 11) is 0. The van der Waals surface area contributed by atoms with Crippen molar-refractivity contribution in [3.05, 3.63) is 65.7 Å². The predicted molar refractivity (Wildman–Crippen MR) is 73.5 cm³/mol. The number of hydrogen-bond donors (Lipinski definition) is 1. The Morgan fingerprint density at radius 3 is 2.55 bits per heavy atom. The number of benzene rings is 2. The van der Waals surface area contributed by atoms with Crippen molar-refractivity contribution < 1.29 is 4.39 Å². The molecule has 0 fully saturated rings. The second-order valence-electron chi connectivity index (χ2n) is 4.60. The quantitative estimate of drug-likeness (QED) is 0.793. The van der Waals surface area contributed by atoms with Gasteiger partial charge in [0.25, 0.3) is 0 Å². The Balaban J connectivity index is 1.96. The summed E-state index contributed by atoms with van der Waals surface area (Å²) < 4.78 is 14.3. The van der Waals surface area contributed by atoms with Crippen LogP contribution in [0.15, 0.2) is 48.5 Å². The summed E-state index contributed by atoms with van der Waals surface area (Å²) in [6.45, 7) is 1.92. The Bertz CT molecular complexity index is 695. The number of halogens is 1. The van der Waals surface area contributed by atoms with Crippen LogP contribution >= 0.6 is 0 Å². The molecule has 5 heteroatoms. The monoisotopic (exact) mass is 268 g/mol. The molecule has 0 aliphatic rings. The summed E-state index contributed by atoms with van der Waals surface area (Å²) >= 11 is 0. The van der Waals surface area contributed by atoms with E-state index in [1.54, 1.807) is 6.07 Å². The van der Waals surface area contributed by atoms with Crippen molar-refractivity contribution in [2.45, 2.75) is 12.8 Å². The Hall–Kier alpha value is -2.56. The smallest absolute Gasteiger partial charge is 0.181 e. The second-order valence-corrected chi connectivity index (χ2v) is 4.60. The van der Waals surface area contributed by atoms with Crippen LogP contribution in [0.5, 0.6) is 0 Å². The Morgan fingerprint density at radius 1 is 1.10 bits per heavy atom. The maximum atomic E-state index is 14.3. The Kier molecular flexibility index (Phi) is 3.25. The van der Waals surface area contributed by atoms with Crippen LogP contribution in [0.2, 0.25) is 0 Å². The fourth-order valence-electron chi connectivity index (χ4n) is 2.15. The van der Waals surface area contributed by atoms with Gasteiger partial charge in [-0.05, 0) is 17.2 Å². The summed E-state index contributed by atoms with van der Waals surface area (Å²) in [6, 6.07) is 14.7. The molecule has 20 heavy (non-hydrogen) atoms. The molecule has 0 saturated heterocycles. The minimum atomic E-state index is -0.246. The van der Waals surface area contributed by atoms with Crippen LogP contribution in [-0.2, 0) is 0 Å². The molecular weight excluding hydrogens is 255 g/mol. The van der Waals surface area contributed by atoms with Gasteiger partial charge in [-0.3, -0.25) is 0 Å². The largest absolute Gasteiger partial charge is 0.206 e. The van der Waals surface area contributed by atoms with Gasteiger partial charge in [-0.25, -0.2) is 4.39 Å². The molecule has 0 spiro atoms. The maximum absolute atomic E-state index is 14.3. The van der Waals surface area contributed by atoms with Crippen LogP contribution in [0.3, 0.4) is 0 Å². The molecule has 3 aromatic rings. The van der Waals surface area contributed by atoms with Crippen LogP contribution in [0, 0.1) is 5.82 Å². The van der Waals surface area contributed by atoms with E-state index in [1.165, 1.54) is 6.07 Å². The number of H-pyrrole nitrogens is 1. The number of nitrogens with one attached hydrogen (secondary N) is 1. The molecule has 0 bridgehead atoms. The zero-order valence-electron chi connectivity index (χ0n) is 10.9. The van der Waals surface area contributed by atoms with E-state index in [2.05, 4.69) is 20.6 Å². The molecule has 1 atom stereocenters. The number of tetrazole rings is 1. The highest BCUT2D eigenvalue weighted by Crippen LogP contribution is 2.27. The summed E-state index contributed by atoms with van der Waals surface area (Å²) in [4.78, 5) is 0. The lowest BCUT2D eigenvalue weighted by Gasteiger charge is -2.10. The van der Waals surface area contributed by atoms with Crippen molar-refractivity contribution in [3.63, 3.8) is 0 Å². The Morgan fingerprint density at radius 2 is 1.90 bits per heavy atom. The topological polar surface area (TPSA) is 54.5 Å². The molecule has 0 amide bonds. The molecule has 0 saturated carbocycles. The zero-order chi connectivity index (χ0) is 13.9. The number of nitrogens with zero attached hydrogens (tertiary/aromatic N) is 3. The molecular formula is C15H13FN4. The first-order chi connectivity index (χ1) is 9.75. The maximum Gasteiger partial charge on any atom is 0.181 e. The third kappa shape index (κ3) is 2.30. The van der Waals surface area contributed by atoms with E-state index >= 15 is 0 Å². The molecule has 1 aromatic heterocycles. The van der Waals surface area contributed by atoms with Gasteiger partial charge in [0, 0.05) is 11.5 Å². The Labute approximate surface area is 115 Å². The van der Waals surface area contributed by atoms with E-state index in [0.29, 0.717) is 11.4 Å². The SMILES string of the molecule is CC(c1ccc(-c2ccccc2)c(F)c1)c1nn[nH]n1. The molecule has 0 radical (unpaired) electrons. The van der Waals surface area contributed by atoms with Gasteiger partial charge in [-0.2, -0.15) is 5.21 Å². The lowest BCUT2D eigenvalue weighted by Crippen LogP contribution is -2.00. The normalized spacial score (nSPS) is 12.3. The van der Waals surface area contributed by atoms with Crippen molar-refractivity contribution in [2.24, 2.45) is 0 Å². The van der Waals surface area contributed by atoms with Gasteiger partial charge in [0.05, 0.1) is 0 Å². The van der Waals surface area contributed by atoms with E-state index in [0.717, 1.165) is 11.1 Å². The fourth-order valence-corrected chi connectivity index (χ4v) is 2.15. The third-order valence-electron chi connectivity index (χ3n) is 3.33. The summed E-state index contributed by atoms with van der Waals surface area (Å²) in [5.41, 5.74) is 2.28. The average Bonchev–Trinajstić information content (AvgIpc) is 3.01. The van der Waals surface area contributed by atoms with Crippen LogP contribution in [0.1, 0.15) is 24.2 Å². The first kappa shape index (κ1) is 12.5. The molecule has 1 heterocycles. The van der Waals surface area contributed by atoms with Gasteiger partial charge in [0.15, 0.2) is 5.82 Å². The molecule has 1 N–H and O–H groups in total. The van der Waals surface area contributed by atoms with Gasteiger partial charge in [-0.1, -0.05) is 54.6 Å². The molecule has 4 nitrogen and oxygen atoms in total. The van der Waals surface area contributed by atoms with Gasteiger partial charge < -0.3 is 0 Å². The van der Waals surface area contributed by atoms with Crippen LogP contribution in [-0.4, -0.2) is 20.6 Å². The van der Waals surface area contributed by atoms with Gasteiger partial charge in [0.1, 0.15) is 5.82 Å². The number of rotatable bonds is 3.